The van der Waals surface area contributed by atoms with Crippen molar-refractivity contribution in [3.8, 4) is 5.75 Å². The van der Waals surface area contributed by atoms with Crippen LogP contribution in [0.4, 0.5) is 4.79 Å². The van der Waals surface area contributed by atoms with Crippen LogP contribution in [0.5, 0.6) is 5.75 Å². The number of urea groups is 1. The fraction of sp³-hybridized carbons (Fsp3) is 0.650. The van der Waals surface area contributed by atoms with Gasteiger partial charge in [-0.1, -0.05) is 38.5 Å². The van der Waals surface area contributed by atoms with Gasteiger partial charge in [0.15, 0.2) is 16.6 Å². The predicted molar refractivity (Wildman–Crippen MR) is 110 cm³/mol. The average molecular weight is 413 g/mol. The molecule has 1 fully saturated rings. The van der Waals surface area contributed by atoms with E-state index < -0.39 is 9.84 Å². The molecule has 1 unspecified atom stereocenters. The Morgan fingerprint density at radius 3 is 2.61 bits per heavy atom. The number of amides is 2. The number of methoxy groups -OCH3 is 1. The smallest absolute Gasteiger partial charge is 0.320 e. The number of ether oxygens (including phenoxy) is 2. The van der Waals surface area contributed by atoms with Gasteiger partial charge in [0.25, 0.3) is 0 Å². The van der Waals surface area contributed by atoms with Gasteiger partial charge < -0.3 is 19.7 Å². The van der Waals surface area contributed by atoms with Crippen LogP contribution in [0.3, 0.4) is 0 Å². The van der Waals surface area contributed by atoms with Crippen molar-refractivity contribution in [1.82, 2.24) is 10.2 Å². The minimum Gasteiger partial charge on any atom is -0.473 e. The fourth-order valence-corrected chi connectivity index (χ4v) is 5.02. The molecule has 0 saturated carbocycles. The minimum atomic E-state index is -3.08. The number of nitrogens with zero attached hydrogens (tertiary/aromatic N) is 1. The highest BCUT2D eigenvalue weighted by Gasteiger charge is 2.34. The maximum absolute atomic E-state index is 12.7. The number of carbonyl (C=O) groups is 1. The van der Waals surface area contributed by atoms with Gasteiger partial charge in [0.2, 0.25) is 0 Å². The van der Waals surface area contributed by atoms with E-state index in [0.29, 0.717) is 19.6 Å². The van der Waals surface area contributed by atoms with Gasteiger partial charge in [0.05, 0.1) is 18.1 Å². The molecule has 0 spiro atoms. The molecule has 1 aromatic rings. The molecule has 28 heavy (non-hydrogen) atoms. The Morgan fingerprint density at radius 1 is 1.32 bits per heavy atom. The summed E-state index contributed by atoms with van der Waals surface area (Å²) >= 11 is 0. The van der Waals surface area contributed by atoms with E-state index in [1.54, 1.807) is 7.11 Å². The first-order chi connectivity index (χ1) is 13.0. The molecule has 1 aromatic carbocycles. The Morgan fingerprint density at radius 2 is 2.04 bits per heavy atom. The Hall–Kier alpha value is -1.80. The van der Waals surface area contributed by atoms with Gasteiger partial charge in [0, 0.05) is 19.7 Å². The SMILES string of the molecule is COCCN(C(=O)NCOc1ccc(C)cc1C(C)(C)C)C1CCS(=O)(=O)C1. The lowest BCUT2D eigenvalue weighted by molar-refractivity contribution is 0.129. The molecule has 1 saturated heterocycles. The third-order valence-electron chi connectivity index (χ3n) is 4.84. The first-order valence-corrected chi connectivity index (χ1v) is 11.3. The van der Waals surface area contributed by atoms with E-state index in [0.717, 1.165) is 16.9 Å². The molecule has 158 valence electrons. The molecule has 8 heteroatoms. The second-order valence-electron chi connectivity index (χ2n) is 8.26. The van der Waals surface area contributed by atoms with Crippen molar-refractivity contribution in [2.24, 2.45) is 0 Å². The van der Waals surface area contributed by atoms with Gasteiger partial charge in [-0.25, -0.2) is 13.2 Å². The van der Waals surface area contributed by atoms with Crippen LogP contribution < -0.4 is 10.1 Å². The summed E-state index contributed by atoms with van der Waals surface area (Å²) in [5, 5.41) is 2.75. The third-order valence-corrected chi connectivity index (χ3v) is 6.59. The molecule has 1 heterocycles. The van der Waals surface area contributed by atoms with Gasteiger partial charge in [-0.15, -0.1) is 0 Å². The van der Waals surface area contributed by atoms with Crippen LogP contribution in [0, 0.1) is 6.92 Å². The van der Waals surface area contributed by atoms with Crippen molar-refractivity contribution in [2.75, 3.05) is 38.5 Å². The van der Waals surface area contributed by atoms with Crippen LogP contribution >= 0.6 is 0 Å². The summed E-state index contributed by atoms with van der Waals surface area (Å²) in [4.78, 5) is 14.2. The lowest BCUT2D eigenvalue weighted by Gasteiger charge is -2.28. The molecule has 0 aromatic heterocycles. The number of nitrogens with one attached hydrogen (secondary N) is 1. The molecule has 2 rings (SSSR count). The van der Waals surface area contributed by atoms with Crippen LogP contribution in [-0.2, 0) is 20.0 Å². The summed E-state index contributed by atoms with van der Waals surface area (Å²) in [6, 6.07) is 5.30. The fourth-order valence-electron chi connectivity index (χ4n) is 3.29. The molecule has 1 aliphatic rings. The molecule has 0 radical (unpaired) electrons. The van der Waals surface area contributed by atoms with Gasteiger partial charge in [-0.05, 0) is 30.4 Å². The Kier molecular flexibility index (Phi) is 7.33. The summed E-state index contributed by atoms with van der Waals surface area (Å²) in [7, 11) is -1.53. The zero-order valence-corrected chi connectivity index (χ0v) is 18.3. The Labute approximate surface area is 168 Å². The molecule has 1 N–H and O–H groups in total. The minimum absolute atomic E-state index is 0.00285. The summed E-state index contributed by atoms with van der Waals surface area (Å²) < 4.78 is 34.5. The summed E-state index contributed by atoms with van der Waals surface area (Å²) in [5.74, 6) is 0.839. The molecule has 7 nitrogen and oxygen atoms in total. The topological polar surface area (TPSA) is 84.9 Å². The summed E-state index contributed by atoms with van der Waals surface area (Å²) in [5.41, 5.74) is 2.13. The number of carbonyl (C=O) groups excluding carboxylic acids is 1. The van der Waals surface area contributed by atoms with E-state index in [-0.39, 0.29) is 35.7 Å². The highest BCUT2D eigenvalue weighted by Crippen LogP contribution is 2.32. The average Bonchev–Trinajstić information content (AvgIpc) is 2.95. The highest BCUT2D eigenvalue weighted by atomic mass is 32.2. The summed E-state index contributed by atoms with van der Waals surface area (Å²) in [6.45, 7) is 9.05. The third kappa shape index (κ3) is 6.10. The quantitative estimate of drug-likeness (QED) is 0.696. The van der Waals surface area contributed by atoms with Crippen molar-refractivity contribution in [1.29, 1.82) is 0 Å². The highest BCUT2D eigenvalue weighted by molar-refractivity contribution is 7.91. The molecular weight excluding hydrogens is 380 g/mol. The Balaban J connectivity index is 2.01. The van der Waals surface area contributed by atoms with Crippen LogP contribution in [0.2, 0.25) is 0 Å². The van der Waals surface area contributed by atoms with Crippen molar-refractivity contribution < 1.29 is 22.7 Å². The van der Waals surface area contributed by atoms with E-state index in [4.69, 9.17) is 9.47 Å². The number of rotatable bonds is 7. The molecule has 2 amide bonds. The van der Waals surface area contributed by atoms with Crippen molar-refractivity contribution in [3.05, 3.63) is 29.3 Å². The lowest BCUT2D eigenvalue weighted by atomic mass is 9.85. The molecule has 1 aliphatic heterocycles. The monoisotopic (exact) mass is 412 g/mol. The number of benzene rings is 1. The molecule has 1 atom stereocenters. The van der Waals surface area contributed by atoms with Gasteiger partial charge in [0.1, 0.15) is 5.75 Å². The van der Waals surface area contributed by atoms with Gasteiger partial charge >= 0.3 is 6.03 Å². The van der Waals surface area contributed by atoms with Crippen LogP contribution in [0.25, 0.3) is 0 Å². The van der Waals surface area contributed by atoms with E-state index in [9.17, 15) is 13.2 Å². The van der Waals surface area contributed by atoms with E-state index >= 15 is 0 Å². The second kappa shape index (κ2) is 9.13. The van der Waals surface area contributed by atoms with Gasteiger partial charge in [-0.3, -0.25) is 0 Å². The van der Waals surface area contributed by atoms with Crippen LogP contribution in [0.15, 0.2) is 18.2 Å². The first-order valence-electron chi connectivity index (χ1n) is 9.51. The predicted octanol–water partition coefficient (Wildman–Crippen LogP) is 2.47. The maximum Gasteiger partial charge on any atom is 0.320 e. The lowest BCUT2D eigenvalue weighted by Crippen LogP contribution is -2.49. The number of hydrogen-bond donors (Lipinski definition) is 1. The normalized spacial score (nSPS) is 18.7. The van der Waals surface area contributed by atoms with Crippen molar-refractivity contribution >= 4 is 15.9 Å². The first kappa shape index (κ1) is 22.5. The Bertz CT molecular complexity index is 786. The second-order valence-corrected chi connectivity index (χ2v) is 10.5. The molecular formula is C20H32N2O5S. The zero-order chi connectivity index (χ0) is 20.9. The number of aryl methyl sites for hydroxylation is 1. The number of hydrogen-bond acceptors (Lipinski definition) is 5. The molecule has 0 aliphatic carbocycles. The van der Waals surface area contributed by atoms with Crippen molar-refractivity contribution in [3.63, 3.8) is 0 Å². The van der Waals surface area contributed by atoms with Crippen molar-refractivity contribution in [2.45, 2.75) is 45.6 Å². The molecule has 0 bridgehead atoms. The van der Waals surface area contributed by atoms with Gasteiger partial charge in [-0.2, -0.15) is 0 Å². The summed E-state index contributed by atoms with van der Waals surface area (Å²) in [6.07, 6.45) is 0.451. The largest absolute Gasteiger partial charge is 0.473 e. The van der Waals surface area contributed by atoms with E-state index in [2.05, 4.69) is 32.2 Å². The van der Waals surface area contributed by atoms with E-state index in [1.165, 1.54) is 4.90 Å². The van der Waals surface area contributed by atoms with Crippen LogP contribution in [0.1, 0.15) is 38.3 Å². The van der Waals surface area contributed by atoms with E-state index in [1.807, 2.05) is 19.1 Å². The standard InChI is InChI=1S/C20H32N2O5S/c1-15-6-7-18(17(12-15)20(2,3)4)27-14-21-19(23)22(9-10-26-5)16-8-11-28(24,25)13-16/h6-7,12,16H,8-11,13-14H2,1-5H3,(H,21,23). The maximum atomic E-state index is 12.7. The zero-order valence-electron chi connectivity index (χ0n) is 17.4. The number of sulfone groups is 1. The van der Waals surface area contributed by atoms with Crippen LogP contribution in [-0.4, -0.2) is 63.9 Å².